The first-order valence-electron chi connectivity index (χ1n) is 7.93. The Hall–Kier alpha value is -2.36. The Labute approximate surface area is 131 Å². The summed E-state index contributed by atoms with van der Waals surface area (Å²) in [6.07, 6.45) is 9.89. The van der Waals surface area contributed by atoms with Gasteiger partial charge in [-0.25, -0.2) is 4.98 Å². The number of rotatable bonds is 7. The Morgan fingerprint density at radius 2 is 2.00 bits per heavy atom. The van der Waals surface area contributed by atoms with Gasteiger partial charge in [0.15, 0.2) is 0 Å². The molecule has 4 nitrogen and oxygen atoms in total. The van der Waals surface area contributed by atoms with E-state index in [0.29, 0.717) is 0 Å². The molecule has 0 radical (unpaired) electrons. The lowest BCUT2D eigenvalue weighted by atomic mass is 10.1. The van der Waals surface area contributed by atoms with Crippen LogP contribution in [0.2, 0.25) is 0 Å². The Morgan fingerprint density at radius 3 is 2.82 bits per heavy atom. The lowest BCUT2D eigenvalue weighted by molar-refractivity contribution is 0.619. The molecule has 3 aromatic rings. The fraction of sp³-hybridized carbons (Fsp3) is 0.333. The Morgan fingerprint density at radius 1 is 1.09 bits per heavy atom. The summed E-state index contributed by atoms with van der Waals surface area (Å²) in [5.41, 5.74) is 2.36. The molecule has 1 aromatic carbocycles. The fourth-order valence-corrected chi connectivity index (χ4v) is 2.84. The van der Waals surface area contributed by atoms with E-state index in [-0.39, 0.29) is 0 Å². The monoisotopic (exact) mass is 294 g/mol. The van der Waals surface area contributed by atoms with Crippen molar-refractivity contribution in [2.24, 2.45) is 0 Å². The number of aryl methyl sites for hydroxylation is 1. The van der Waals surface area contributed by atoms with Gasteiger partial charge in [-0.2, -0.15) is 0 Å². The number of imidazole rings is 1. The van der Waals surface area contributed by atoms with Gasteiger partial charge in [-0.1, -0.05) is 25.1 Å². The quantitative estimate of drug-likeness (QED) is 0.665. The second kappa shape index (κ2) is 7.07. The molecule has 22 heavy (non-hydrogen) atoms. The van der Waals surface area contributed by atoms with Crippen LogP contribution in [0, 0.1) is 0 Å². The van der Waals surface area contributed by atoms with Crippen LogP contribution >= 0.6 is 0 Å². The van der Waals surface area contributed by atoms with E-state index in [2.05, 4.69) is 50.6 Å². The highest BCUT2D eigenvalue weighted by molar-refractivity contribution is 5.91. The minimum atomic E-state index is 1.00. The molecular formula is C18H22N4. The highest BCUT2D eigenvalue weighted by Crippen LogP contribution is 2.25. The van der Waals surface area contributed by atoms with Gasteiger partial charge in [0, 0.05) is 49.3 Å². The zero-order valence-corrected chi connectivity index (χ0v) is 13.0. The van der Waals surface area contributed by atoms with E-state index in [4.69, 9.17) is 0 Å². The van der Waals surface area contributed by atoms with Crippen molar-refractivity contribution < 1.29 is 0 Å². The summed E-state index contributed by atoms with van der Waals surface area (Å²) < 4.78 is 2.13. The molecule has 0 spiro atoms. The van der Waals surface area contributed by atoms with Crippen molar-refractivity contribution >= 4 is 16.6 Å². The van der Waals surface area contributed by atoms with Gasteiger partial charge in [0.25, 0.3) is 0 Å². The minimum absolute atomic E-state index is 1.00. The number of pyridine rings is 1. The van der Waals surface area contributed by atoms with Crippen molar-refractivity contribution in [1.29, 1.82) is 0 Å². The minimum Gasteiger partial charge on any atom is -0.371 e. The highest BCUT2D eigenvalue weighted by atomic mass is 15.1. The summed E-state index contributed by atoms with van der Waals surface area (Å²) in [5.74, 6) is 0. The molecule has 0 unspecified atom stereocenters. The number of benzene rings is 1. The molecule has 4 heteroatoms. The van der Waals surface area contributed by atoms with Crippen LogP contribution in [0.5, 0.6) is 0 Å². The van der Waals surface area contributed by atoms with Crippen LogP contribution in [0.25, 0.3) is 10.9 Å². The molecule has 0 N–H and O–H groups in total. The van der Waals surface area contributed by atoms with Gasteiger partial charge >= 0.3 is 0 Å². The van der Waals surface area contributed by atoms with E-state index in [0.717, 1.165) is 38.0 Å². The SMILES string of the molecule is CCCN(CCCn1ccnc1)c1ccnc2ccccc12. The molecule has 0 aliphatic rings. The van der Waals surface area contributed by atoms with E-state index in [9.17, 15) is 0 Å². The van der Waals surface area contributed by atoms with Crippen molar-refractivity contribution in [3.63, 3.8) is 0 Å². The molecule has 0 atom stereocenters. The predicted octanol–water partition coefficient (Wildman–Crippen LogP) is 3.74. The first-order valence-corrected chi connectivity index (χ1v) is 7.93. The average Bonchev–Trinajstić information content (AvgIpc) is 3.07. The van der Waals surface area contributed by atoms with E-state index < -0.39 is 0 Å². The Kier molecular flexibility index (Phi) is 4.68. The molecule has 2 aromatic heterocycles. The smallest absolute Gasteiger partial charge is 0.0945 e. The first-order chi connectivity index (χ1) is 10.9. The number of anilines is 1. The van der Waals surface area contributed by atoms with Crippen molar-refractivity contribution in [1.82, 2.24) is 14.5 Å². The summed E-state index contributed by atoms with van der Waals surface area (Å²) in [7, 11) is 0. The standard InChI is InChI=1S/C18H22N4/c1-2-11-22(13-5-12-21-14-10-19-15-21)18-8-9-20-17-7-4-3-6-16(17)18/h3-4,6-10,14-15H,2,5,11-13H2,1H3. The van der Waals surface area contributed by atoms with Crippen LogP contribution < -0.4 is 4.90 Å². The molecule has 0 saturated heterocycles. The third kappa shape index (κ3) is 3.27. The average molecular weight is 294 g/mol. The van der Waals surface area contributed by atoms with Gasteiger partial charge in [0.2, 0.25) is 0 Å². The van der Waals surface area contributed by atoms with Gasteiger partial charge in [-0.05, 0) is 25.0 Å². The van der Waals surface area contributed by atoms with Crippen LogP contribution in [0.4, 0.5) is 5.69 Å². The second-order valence-electron chi connectivity index (χ2n) is 5.49. The summed E-state index contributed by atoms with van der Waals surface area (Å²) in [6.45, 7) is 5.34. The van der Waals surface area contributed by atoms with E-state index in [1.165, 1.54) is 11.1 Å². The fourth-order valence-electron chi connectivity index (χ4n) is 2.84. The zero-order valence-electron chi connectivity index (χ0n) is 13.0. The van der Waals surface area contributed by atoms with Crippen LogP contribution in [0.15, 0.2) is 55.2 Å². The maximum Gasteiger partial charge on any atom is 0.0945 e. The summed E-state index contributed by atoms with van der Waals surface area (Å²) in [5, 5.41) is 1.24. The lowest BCUT2D eigenvalue weighted by Gasteiger charge is -2.25. The topological polar surface area (TPSA) is 34.0 Å². The molecule has 2 heterocycles. The Balaban J connectivity index is 1.77. The predicted molar refractivity (Wildman–Crippen MR) is 91.1 cm³/mol. The second-order valence-corrected chi connectivity index (χ2v) is 5.49. The van der Waals surface area contributed by atoms with E-state index in [1.54, 1.807) is 0 Å². The van der Waals surface area contributed by atoms with Gasteiger partial charge in [0.05, 0.1) is 11.8 Å². The van der Waals surface area contributed by atoms with Crippen molar-refractivity contribution in [2.45, 2.75) is 26.3 Å². The van der Waals surface area contributed by atoms with E-state index in [1.807, 2.05) is 31.0 Å². The number of nitrogens with zero attached hydrogens (tertiary/aromatic N) is 4. The number of hydrogen-bond donors (Lipinski definition) is 0. The molecular weight excluding hydrogens is 272 g/mol. The first kappa shape index (κ1) is 14.6. The molecule has 0 saturated carbocycles. The largest absolute Gasteiger partial charge is 0.371 e. The Bertz CT molecular complexity index is 701. The highest BCUT2D eigenvalue weighted by Gasteiger charge is 2.09. The van der Waals surface area contributed by atoms with Crippen molar-refractivity contribution in [2.75, 3.05) is 18.0 Å². The van der Waals surface area contributed by atoms with Crippen molar-refractivity contribution in [3.05, 3.63) is 55.2 Å². The van der Waals surface area contributed by atoms with Crippen LogP contribution in [0.3, 0.4) is 0 Å². The molecule has 3 rings (SSSR count). The van der Waals surface area contributed by atoms with Crippen LogP contribution in [-0.2, 0) is 6.54 Å². The molecule has 114 valence electrons. The van der Waals surface area contributed by atoms with Gasteiger partial charge in [-0.15, -0.1) is 0 Å². The molecule has 0 fully saturated rings. The number of para-hydroxylation sites is 1. The number of fused-ring (bicyclic) bond motifs is 1. The summed E-state index contributed by atoms with van der Waals surface area (Å²) in [6, 6.07) is 10.5. The maximum atomic E-state index is 4.47. The van der Waals surface area contributed by atoms with Crippen molar-refractivity contribution in [3.8, 4) is 0 Å². The number of hydrogen-bond acceptors (Lipinski definition) is 3. The third-order valence-corrected chi connectivity index (χ3v) is 3.86. The van der Waals surface area contributed by atoms with Crippen LogP contribution in [0.1, 0.15) is 19.8 Å². The lowest BCUT2D eigenvalue weighted by Crippen LogP contribution is -2.26. The molecule has 0 aliphatic heterocycles. The van der Waals surface area contributed by atoms with Gasteiger partial charge in [0.1, 0.15) is 0 Å². The van der Waals surface area contributed by atoms with Gasteiger partial charge in [-0.3, -0.25) is 4.98 Å². The van der Waals surface area contributed by atoms with Crippen LogP contribution in [-0.4, -0.2) is 27.6 Å². The number of aromatic nitrogens is 3. The summed E-state index contributed by atoms with van der Waals surface area (Å²) >= 11 is 0. The molecule has 0 amide bonds. The third-order valence-electron chi connectivity index (χ3n) is 3.86. The zero-order chi connectivity index (χ0) is 15.2. The molecule has 0 bridgehead atoms. The summed E-state index contributed by atoms with van der Waals surface area (Å²) in [4.78, 5) is 11.0. The normalized spacial score (nSPS) is 11.0. The maximum absolute atomic E-state index is 4.47. The molecule has 0 aliphatic carbocycles. The van der Waals surface area contributed by atoms with Gasteiger partial charge < -0.3 is 9.47 Å². The van der Waals surface area contributed by atoms with E-state index >= 15 is 0 Å².